The maximum Gasteiger partial charge on any atom is 0.277 e. The molecule has 2 aromatic heterocycles. The smallest absolute Gasteiger partial charge is 0.277 e. The van der Waals surface area contributed by atoms with Crippen molar-refractivity contribution in [1.82, 2.24) is 20.0 Å². The van der Waals surface area contributed by atoms with Crippen LogP contribution in [-0.4, -0.2) is 31.6 Å². The number of carbonyl (C=O) groups is 1. The van der Waals surface area contributed by atoms with Crippen LogP contribution in [0.15, 0.2) is 76.5 Å². The molecule has 29 heavy (non-hydrogen) atoms. The number of aromatic nitrogens is 4. The lowest BCUT2D eigenvalue weighted by atomic mass is 10.2. The zero-order chi connectivity index (χ0) is 20.1. The lowest BCUT2D eigenvalue weighted by Gasteiger charge is -2.02. The maximum absolute atomic E-state index is 12.2. The van der Waals surface area contributed by atoms with Crippen LogP contribution < -0.4 is 5.32 Å². The molecule has 0 aliphatic carbocycles. The first-order valence-corrected chi connectivity index (χ1v) is 10.1. The third-order valence-electron chi connectivity index (χ3n) is 3.92. The van der Waals surface area contributed by atoms with Crippen molar-refractivity contribution in [3.63, 3.8) is 0 Å². The summed E-state index contributed by atoms with van der Waals surface area (Å²) in [6, 6.07) is 18.8. The average molecular weight is 426 g/mol. The molecule has 9 heteroatoms. The van der Waals surface area contributed by atoms with E-state index in [1.807, 2.05) is 36.5 Å². The van der Waals surface area contributed by atoms with E-state index in [0.29, 0.717) is 28.5 Å². The Morgan fingerprint density at radius 3 is 2.66 bits per heavy atom. The molecule has 0 atom stereocenters. The predicted octanol–water partition coefficient (Wildman–Crippen LogP) is 4.37. The number of carbonyl (C=O) groups excluding carboxylic acids is 1. The van der Waals surface area contributed by atoms with E-state index in [1.165, 1.54) is 0 Å². The minimum Gasteiger partial charge on any atom is -0.411 e. The first-order valence-electron chi connectivity index (χ1n) is 8.75. The van der Waals surface area contributed by atoms with Crippen LogP contribution in [0.2, 0.25) is 5.02 Å². The summed E-state index contributed by atoms with van der Waals surface area (Å²) < 4.78 is 7.35. The van der Waals surface area contributed by atoms with Crippen molar-refractivity contribution in [3.8, 4) is 11.5 Å². The number of nitrogens with zero attached hydrogens (tertiary/aromatic N) is 4. The molecule has 7 nitrogen and oxygen atoms in total. The molecule has 1 N–H and O–H groups in total. The Hall–Kier alpha value is -3.10. The van der Waals surface area contributed by atoms with Gasteiger partial charge in [0, 0.05) is 22.8 Å². The van der Waals surface area contributed by atoms with E-state index in [9.17, 15) is 4.79 Å². The molecule has 0 unspecified atom stereocenters. The van der Waals surface area contributed by atoms with Crippen molar-refractivity contribution in [3.05, 3.63) is 77.4 Å². The molecule has 4 aromatic rings. The molecular formula is C20H16ClN5O2S. The van der Waals surface area contributed by atoms with Gasteiger partial charge in [0.15, 0.2) is 5.82 Å². The molecule has 0 radical (unpaired) electrons. The molecule has 0 aliphatic heterocycles. The molecule has 146 valence electrons. The van der Waals surface area contributed by atoms with E-state index in [-0.39, 0.29) is 11.7 Å². The summed E-state index contributed by atoms with van der Waals surface area (Å²) in [5.74, 6) is 0.808. The Morgan fingerprint density at radius 2 is 1.86 bits per heavy atom. The van der Waals surface area contributed by atoms with Crippen LogP contribution in [0.25, 0.3) is 11.5 Å². The van der Waals surface area contributed by atoms with Crippen molar-refractivity contribution in [2.24, 2.45) is 0 Å². The van der Waals surface area contributed by atoms with Crippen LogP contribution >= 0.6 is 23.4 Å². The zero-order valence-electron chi connectivity index (χ0n) is 15.2. The molecule has 2 heterocycles. The Morgan fingerprint density at radius 1 is 1.07 bits per heavy atom. The number of hydrogen-bond acceptors (Lipinski definition) is 6. The second-order valence-corrected chi connectivity index (χ2v) is 7.46. The number of anilines is 1. The normalized spacial score (nSPS) is 10.8. The average Bonchev–Trinajstić information content (AvgIpc) is 3.37. The third kappa shape index (κ3) is 5.24. The highest BCUT2D eigenvalue weighted by Crippen LogP contribution is 2.24. The summed E-state index contributed by atoms with van der Waals surface area (Å²) in [5, 5.41) is 16.0. The Kier molecular flexibility index (Phi) is 5.92. The van der Waals surface area contributed by atoms with Gasteiger partial charge in [0.1, 0.15) is 0 Å². The molecule has 2 aromatic carbocycles. The van der Waals surface area contributed by atoms with Crippen LogP contribution in [0.4, 0.5) is 5.82 Å². The van der Waals surface area contributed by atoms with E-state index in [4.69, 9.17) is 16.0 Å². The summed E-state index contributed by atoms with van der Waals surface area (Å²) in [6.45, 7) is 0.640. The van der Waals surface area contributed by atoms with Gasteiger partial charge >= 0.3 is 0 Å². The molecule has 0 aliphatic rings. The van der Waals surface area contributed by atoms with Crippen LogP contribution in [0, 0.1) is 0 Å². The third-order valence-corrected chi connectivity index (χ3v) is 4.99. The summed E-state index contributed by atoms with van der Waals surface area (Å²) in [4.78, 5) is 12.2. The second kappa shape index (κ2) is 8.93. The minimum absolute atomic E-state index is 0.133. The molecule has 0 spiro atoms. The minimum atomic E-state index is -0.203. The number of amides is 1. The Labute approximate surface area is 176 Å². The predicted molar refractivity (Wildman–Crippen MR) is 112 cm³/mol. The largest absolute Gasteiger partial charge is 0.411 e. The first kappa shape index (κ1) is 19.2. The van der Waals surface area contributed by atoms with E-state index in [0.717, 1.165) is 22.9 Å². The number of hydrogen-bond donors (Lipinski definition) is 1. The molecule has 4 rings (SSSR count). The highest BCUT2D eigenvalue weighted by molar-refractivity contribution is 7.99. The Bertz CT molecular complexity index is 1100. The standard InChI is InChI=1S/C20H16ClN5O2S/c21-16-8-6-15(7-9-16)19-23-24-20(28-19)29-13-18(27)22-17-10-11-26(25-17)12-14-4-2-1-3-5-14/h1-11H,12-13H2,(H,22,25,27). The van der Waals surface area contributed by atoms with Crippen molar-refractivity contribution in [2.75, 3.05) is 11.1 Å². The highest BCUT2D eigenvalue weighted by atomic mass is 35.5. The molecule has 0 fully saturated rings. The van der Waals surface area contributed by atoms with Crippen molar-refractivity contribution in [1.29, 1.82) is 0 Å². The van der Waals surface area contributed by atoms with Gasteiger partial charge in [-0.25, -0.2) is 0 Å². The number of halogens is 1. The fourth-order valence-electron chi connectivity index (χ4n) is 2.57. The van der Waals surface area contributed by atoms with Crippen molar-refractivity contribution >= 4 is 35.1 Å². The van der Waals surface area contributed by atoms with Crippen molar-refractivity contribution < 1.29 is 9.21 Å². The van der Waals surface area contributed by atoms with Gasteiger partial charge in [0.2, 0.25) is 11.8 Å². The summed E-state index contributed by atoms with van der Waals surface area (Å²) in [7, 11) is 0. The first-order chi connectivity index (χ1) is 14.2. The fraction of sp³-hybridized carbons (Fsp3) is 0.100. The molecule has 0 saturated heterocycles. The summed E-state index contributed by atoms with van der Waals surface area (Å²) in [6.07, 6.45) is 1.83. The van der Waals surface area contributed by atoms with Gasteiger partial charge in [0.05, 0.1) is 12.3 Å². The van der Waals surface area contributed by atoms with Gasteiger partial charge < -0.3 is 9.73 Å². The van der Waals surface area contributed by atoms with Gasteiger partial charge in [-0.1, -0.05) is 53.7 Å². The summed E-state index contributed by atoms with van der Waals surface area (Å²) in [5.41, 5.74) is 1.90. The highest BCUT2D eigenvalue weighted by Gasteiger charge is 2.12. The SMILES string of the molecule is O=C(CSc1nnc(-c2ccc(Cl)cc2)o1)Nc1ccn(Cc2ccccc2)n1. The number of rotatable bonds is 7. The van der Waals surface area contributed by atoms with Crippen LogP contribution in [0.1, 0.15) is 5.56 Å². The molecule has 1 amide bonds. The summed E-state index contributed by atoms with van der Waals surface area (Å²) >= 11 is 7.04. The number of thioether (sulfide) groups is 1. The van der Waals surface area contributed by atoms with Crippen LogP contribution in [0.3, 0.4) is 0 Å². The van der Waals surface area contributed by atoms with Gasteiger partial charge in [-0.05, 0) is 29.8 Å². The van der Waals surface area contributed by atoms with E-state index < -0.39 is 0 Å². The van der Waals surface area contributed by atoms with E-state index in [2.05, 4.69) is 20.6 Å². The zero-order valence-corrected chi connectivity index (χ0v) is 16.7. The lowest BCUT2D eigenvalue weighted by Crippen LogP contribution is -2.14. The quantitative estimate of drug-likeness (QED) is 0.442. The monoisotopic (exact) mass is 425 g/mol. The van der Waals surface area contributed by atoms with Crippen molar-refractivity contribution in [2.45, 2.75) is 11.8 Å². The van der Waals surface area contributed by atoms with Gasteiger partial charge in [-0.15, -0.1) is 10.2 Å². The maximum atomic E-state index is 12.2. The molecular weight excluding hydrogens is 410 g/mol. The van der Waals surface area contributed by atoms with E-state index >= 15 is 0 Å². The molecule has 0 bridgehead atoms. The second-order valence-electron chi connectivity index (χ2n) is 6.10. The topological polar surface area (TPSA) is 85.8 Å². The van der Waals surface area contributed by atoms with Gasteiger partial charge in [-0.2, -0.15) is 5.10 Å². The van der Waals surface area contributed by atoms with Crippen LogP contribution in [0.5, 0.6) is 0 Å². The van der Waals surface area contributed by atoms with Gasteiger partial charge in [-0.3, -0.25) is 9.48 Å². The molecule has 0 saturated carbocycles. The van der Waals surface area contributed by atoms with E-state index in [1.54, 1.807) is 35.0 Å². The number of benzene rings is 2. The lowest BCUT2D eigenvalue weighted by molar-refractivity contribution is -0.113. The number of nitrogens with one attached hydrogen (secondary N) is 1. The Balaban J connectivity index is 1.29. The van der Waals surface area contributed by atoms with Gasteiger partial charge in [0.25, 0.3) is 5.22 Å². The fourth-order valence-corrected chi connectivity index (χ4v) is 3.26. The van der Waals surface area contributed by atoms with Crippen LogP contribution in [-0.2, 0) is 11.3 Å².